The van der Waals surface area contributed by atoms with Crippen LogP contribution in [0.1, 0.15) is 106 Å². The highest BCUT2D eigenvalue weighted by atomic mass is 16.4. The van der Waals surface area contributed by atoms with E-state index in [0.717, 1.165) is 0 Å². The Morgan fingerprint density at radius 2 is 1.09 bits per heavy atom. The quantitative estimate of drug-likeness (QED) is 0.0567. The van der Waals surface area contributed by atoms with Crippen LogP contribution in [0.15, 0.2) is 30.3 Å². The number of amides is 7. The molecule has 0 aromatic heterocycles. The van der Waals surface area contributed by atoms with Crippen LogP contribution in [0.2, 0.25) is 0 Å². The van der Waals surface area contributed by atoms with Crippen LogP contribution in [-0.4, -0.2) is 134 Å². The first-order chi connectivity index (χ1) is 30.9. The Morgan fingerprint density at radius 3 is 1.58 bits per heavy atom. The van der Waals surface area contributed by atoms with E-state index in [1.807, 2.05) is 6.92 Å². The number of carbonyl (C=O) groups is 10. The molecule has 1 aromatic carbocycles. The van der Waals surface area contributed by atoms with E-state index in [4.69, 9.17) is 5.73 Å². The van der Waals surface area contributed by atoms with E-state index in [2.05, 4.69) is 31.9 Å². The highest BCUT2D eigenvalue weighted by Crippen LogP contribution is 2.22. The minimum atomic E-state index is -1.58. The lowest BCUT2D eigenvalue weighted by atomic mass is 9.98. The summed E-state index contributed by atoms with van der Waals surface area (Å²) in [5, 5.41) is 43.9. The van der Waals surface area contributed by atoms with Gasteiger partial charge in [0.1, 0.15) is 42.3 Å². The van der Waals surface area contributed by atoms with Crippen LogP contribution in [0.4, 0.5) is 0 Å². The zero-order valence-electron chi connectivity index (χ0n) is 39.1. The lowest BCUT2D eigenvalue weighted by Gasteiger charge is -2.33. The second-order valence-corrected chi connectivity index (χ2v) is 17.9. The molecule has 0 unspecified atom stereocenters. The fourth-order valence-electron chi connectivity index (χ4n) is 7.25. The number of benzene rings is 1. The second kappa shape index (κ2) is 26.7. The highest BCUT2D eigenvalue weighted by Gasteiger charge is 2.41. The van der Waals surface area contributed by atoms with Crippen molar-refractivity contribution in [1.29, 1.82) is 0 Å². The van der Waals surface area contributed by atoms with Gasteiger partial charge in [-0.05, 0) is 54.9 Å². The number of aliphatic carboxylic acids is 3. The summed E-state index contributed by atoms with van der Waals surface area (Å²) in [7, 11) is 0. The molecule has 1 fully saturated rings. The van der Waals surface area contributed by atoms with Crippen LogP contribution in [0.5, 0.6) is 0 Å². The van der Waals surface area contributed by atoms with Crippen molar-refractivity contribution in [3.05, 3.63) is 35.9 Å². The van der Waals surface area contributed by atoms with Crippen molar-refractivity contribution in [2.24, 2.45) is 29.4 Å². The molecule has 1 aliphatic rings. The number of rotatable bonds is 27. The van der Waals surface area contributed by atoms with E-state index in [9.17, 15) is 63.3 Å². The summed E-state index contributed by atoms with van der Waals surface area (Å²) in [5.74, 6) is -11.2. The monoisotopic (exact) mass is 931 g/mol. The molecule has 7 amide bonds. The van der Waals surface area contributed by atoms with E-state index in [1.54, 1.807) is 78.8 Å². The summed E-state index contributed by atoms with van der Waals surface area (Å²) < 4.78 is 0. The van der Waals surface area contributed by atoms with Gasteiger partial charge in [0.15, 0.2) is 0 Å². The van der Waals surface area contributed by atoms with Crippen LogP contribution in [0, 0.1) is 23.7 Å². The molecule has 1 aliphatic heterocycles. The maximum Gasteiger partial charge on any atom is 0.326 e. The molecule has 21 nitrogen and oxygen atoms in total. The lowest BCUT2D eigenvalue weighted by Crippen LogP contribution is -2.61. The molecular formula is C45H70N8O13. The minimum absolute atomic E-state index is 0.156. The van der Waals surface area contributed by atoms with Gasteiger partial charge in [-0.2, -0.15) is 0 Å². The van der Waals surface area contributed by atoms with Crippen molar-refractivity contribution in [3.63, 3.8) is 0 Å². The van der Waals surface area contributed by atoms with E-state index in [1.165, 1.54) is 4.90 Å². The third-order valence-corrected chi connectivity index (χ3v) is 11.6. The fourth-order valence-corrected chi connectivity index (χ4v) is 7.25. The van der Waals surface area contributed by atoms with Gasteiger partial charge in [-0.1, -0.05) is 92.1 Å². The van der Waals surface area contributed by atoms with Crippen LogP contribution < -0.4 is 37.6 Å². The van der Waals surface area contributed by atoms with Gasteiger partial charge in [-0.15, -0.1) is 0 Å². The molecule has 66 heavy (non-hydrogen) atoms. The van der Waals surface area contributed by atoms with Gasteiger partial charge in [-0.3, -0.25) is 43.2 Å². The van der Waals surface area contributed by atoms with Crippen LogP contribution in [0.25, 0.3) is 0 Å². The maximum absolute atomic E-state index is 14.1. The summed E-state index contributed by atoms with van der Waals surface area (Å²) in [4.78, 5) is 133. The third kappa shape index (κ3) is 17.4. The number of nitrogens with zero attached hydrogens (tertiary/aromatic N) is 1. The molecular weight excluding hydrogens is 861 g/mol. The molecule has 11 N–H and O–H groups in total. The summed E-state index contributed by atoms with van der Waals surface area (Å²) in [6.07, 6.45) is -0.853. The number of hydrogen-bond donors (Lipinski definition) is 10. The molecule has 1 saturated heterocycles. The van der Waals surface area contributed by atoms with Crippen molar-refractivity contribution in [3.8, 4) is 0 Å². The van der Waals surface area contributed by atoms with Gasteiger partial charge in [-0.25, -0.2) is 4.79 Å². The Balaban J connectivity index is 2.40. The minimum Gasteiger partial charge on any atom is -0.481 e. The van der Waals surface area contributed by atoms with Crippen molar-refractivity contribution in [2.45, 2.75) is 155 Å². The first-order valence-corrected chi connectivity index (χ1v) is 22.5. The van der Waals surface area contributed by atoms with E-state index >= 15 is 0 Å². The van der Waals surface area contributed by atoms with Gasteiger partial charge in [0, 0.05) is 25.8 Å². The van der Waals surface area contributed by atoms with Gasteiger partial charge in [0.05, 0.1) is 6.04 Å². The Morgan fingerprint density at radius 1 is 0.621 bits per heavy atom. The van der Waals surface area contributed by atoms with Crippen LogP contribution >= 0.6 is 0 Å². The standard InChI is InChI=1S/C45H70N8O13/c1-9-26(8)34(46)42(62)48-28(17-19-32(54)55)38(58)49-30(22-27-14-11-10-12-15-27)40(60)47-29(18-20-33(56)57)39(59)50-35(23(2)3)43(63)51-36(24(4)5)44(64)53-21-13-16-31(53)41(61)52-37(25(6)7)45(65)66/h10-12,14-15,23-26,28-31,34-37H,9,13,16-22,46H2,1-8H3,(H,47,60)(H,48,62)(H,49,58)(H,50,59)(H,51,63)(H,52,61)(H,54,55)(H,56,57)(H,65,66)/t26-,28-,29-,30-,31-,34-,35-,36-,37-/m0/s1. The van der Waals surface area contributed by atoms with Crippen molar-refractivity contribution in [1.82, 2.24) is 36.8 Å². The Labute approximate surface area is 385 Å². The van der Waals surface area contributed by atoms with E-state index in [0.29, 0.717) is 18.4 Å². The molecule has 2 rings (SSSR count). The molecule has 0 aliphatic carbocycles. The normalized spacial score (nSPS) is 17.3. The van der Waals surface area contributed by atoms with Gasteiger partial charge >= 0.3 is 17.9 Å². The van der Waals surface area contributed by atoms with Crippen molar-refractivity contribution >= 4 is 59.3 Å². The molecule has 1 aromatic rings. The number of nitrogens with two attached hydrogens (primary N) is 1. The number of nitrogens with one attached hydrogen (secondary N) is 6. The third-order valence-electron chi connectivity index (χ3n) is 11.6. The van der Waals surface area contributed by atoms with E-state index in [-0.39, 0.29) is 31.7 Å². The number of likely N-dealkylation sites (tertiary alicyclic amines) is 1. The largest absolute Gasteiger partial charge is 0.481 e. The Bertz CT molecular complexity index is 1880. The molecule has 0 saturated carbocycles. The average Bonchev–Trinajstić information content (AvgIpc) is 3.75. The molecule has 1 heterocycles. The first-order valence-electron chi connectivity index (χ1n) is 22.5. The topological polar surface area (TPSA) is 333 Å². The first kappa shape index (κ1) is 56.0. The second-order valence-electron chi connectivity index (χ2n) is 17.9. The summed E-state index contributed by atoms with van der Waals surface area (Å²) in [5.41, 5.74) is 6.63. The molecule has 0 spiro atoms. The maximum atomic E-state index is 14.1. The Kier molecular flexibility index (Phi) is 22.7. The lowest BCUT2D eigenvalue weighted by molar-refractivity contribution is -0.146. The number of carbonyl (C=O) groups excluding carboxylic acids is 7. The number of hydrogen-bond acceptors (Lipinski definition) is 11. The summed E-state index contributed by atoms with van der Waals surface area (Å²) in [6, 6.07) is -1.80. The predicted molar refractivity (Wildman–Crippen MR) is 240 cm³/mol. The zero-order chi connectivity index (χ0) is 50.0. The van der Waals surface area contributed by atoms with E-state index < -0.39 is 145 Å². The Hall–Kier alpha value is -6.12. The summed E-state index contributed by atoms with van der Waals surface area (Å²) >= 11 is 0. The molecule has 368 valence electrons. The molecule has 0 radical (unpaired) electrons. The van der Waals surface area contributed by atoms with Crippen molar-refractivity contribution in [2.75, 3.05) is 6.54 Å². The van der Waals surface area contributed by atoms with Gasteiger partial charge in [0.2, 0.25) is 41.4 Å². The predicted octanol–water partition coefficient (Wildman–Crippen LogP) is 0.285. The highest BCUT2D eigenvalue weighted by molar-refractivity contribution is 5.98. The smallest absolute Gasteiger partial charge is 0.326 e. The van der Waals surface area contributed by atoms with Crippen molar-refractivity contribution < 1.29 is 63.3 Å². The SMILES string of the molecule is CC[C@H](C)[C@H](N)C(=O)N[C@@H](CCC(=O)O)C(=O)N[C@@H](Cc1ccccc1)C(=O)N[C@@H](CCC(=O)O)C(=O)N[C@H](C(=O)N[C@H](C(=O)N1CCC[C@H]1C(=O)N[C@H](C(=O)O)C(C)C)C(C)C)C(C)C. The number of carboxylic acid groups (broad SMARTS) is 3. The zero-order valence-corrected chi connectivity index (χ0v) is 39.1. The van der Waals surface area contributed by atoms with Crippen LogP contribution in [0.3, 0.4) is 0 Å². The number of carboxylic acids is 3. The summed E-state index contributed by atoms with van der Waals surface area (Å²) in [6.45, 7) is 13.5. The fraction of sp³-hybridized carbons (Fsp3) is 0.644. The average molecular weight is 931 g/mol. The molecule has 0 bridgehead atoms. The van der Waals surface area contributed by atoms with Gasteiger partial charge < -0.3 is 57.9 Å². The van der Waals surface area contributed by atoms with Crippen LogP contribution in [-0.2, 0) is 54.4 Å². The molecule has 21 heteroatoms. The molecule has 9 atom stereocenters. The van der Waals surface area contributed by atoms with Gasteiger partial charge in [0.25, 0.3) is 0 Å².